The SMILES string of the molecule is C/C(=C\c1csc(C)n1)C1CC2[C@@H](CCC[C@H](C)[C@H](O)[C@@H](C)C(=O)C(C)(C)[C@@H](O)CC(=O)O1)N2S(=O)(=O)N(C)c1cccs1. The Morgan fingerprint density at radius 2 is 1.89 bits per heavy atom. The van der Waals surface area contributed by atoms with E-state index in [1.165, 1.54) is 38.3 Å². The number of hydrogen-bond donors (Lipinski definition) is 2. The summed E-state index contributed by atoms with van der Waals surface area (Å²) in [7, 11) is -2.34. The molecular weight excluding hydrogens is 623 g/mol. The molecule has 3 unspecified atom stereocenters. The molecule has 4 heterocycles. The number of thiazole rings is 1. The van der Waals surface area contributed by atoms with Crippen LogP contribution in [-0.4, -0.2) is 77.1 Å². The molecule has 2 fully saturated rings. The highest BCUT2D eigenvalue weighted by molar-refractivity contribution is 7.91. The molecule has 0 aromatic carbocycles. The number of cyclic esters (lactones) is 1. The minimum Gasteiger partial charge on any atom is -0.458 e. The predicted octanol–water partition coefficient (Wildman–Crippen LogP) is 4.82. The van der Waals surface area contributed by atoms with E-state index in [9.17, 15) is 28.2 Å². The van der Waals surface area contributed by atoms with E-state index in [4.69, 9.17) is 4.74 Å². The molecule has 8 atom stereocenters. The smallest absolute Gasteiger partial charge is 0.309 e. The van der Waals surface area contributed by atoms with Crippen LogP contribution in [0.1, 0.15) is 77.4 Å². The van der Waals surface area contributed by atoms with E-state index in [0.717, 1.165) is 10.7 Å². The average molecular weight is 668 g/mol. The number of aliphatic hydroxyl groups excluding tert-OH is 2. The molecule has 0 aliphatic carbocycles. The van der Waals surface area contributed by atoms with Crippen LogP contribution in [-0.2, 0) is 24.5 Å². The van der Waals surface area contributed by atoms with Gasteiger partial charge in [0, 0.05) is 36.9 Å². The first-order valence-electron chi connectivity index (χ1n) is 15.1. The second kappa shape index (κ2) is 13.7. The fraction of sp³-hybridized carbons (Fsp3) is 0.645. The number of carbonyl (C=O) groups excluding carboxylic acids is 2. The van der Waals surface area contributed by atoms with Crippen molar-refractivity contribution in [2.24, 2.45) is 17.3 Å². The zero-order valence-electron chi connectivity index (χ0n) is 26.5. The van der Waals surface area contributed by atoms with Gasteiger partial charge in [-0.15, -0.1) is 22.7 Å². The molecule has 2 N–H and O–H groups in total. The van der Waals surface area contributed by atoms with Crippen molar-refractivity contribution in [2.75, 3.05) is 11.4 Å². The minimum absolute atomic E-state index is 0.227. The number of ketones is 1. The summed E-state index contributed by atoms with van der Waals surface area (Å²) in [5.41, 5.74) is 0.124. The third-order valence-corrected chi connectivity index (χ3v) is 13.0. The van der Waals surface area contributed by atoms with E-state index in [0.29, 0.717) is 29.8 Å². The van der Waals surface area contributed by atoms with Gasteiger partial charge >= 0.3 is 16.2 Å². The molecule has 13 heteroatoms. The molecule has 2 aromatic heterocycles. The second-order valence-electron chi connectivity index (χ2n) is 12.8. The minimum atomic E-state index is -3.88. The van der Waals surface area contributed by atoms with Gasteiger partial charge < -0.3 is 14.9 Å². The molecule has 2 saturated heterocycles. The van der Waals surface area contributed by atoms with Crippen molar-refractivity contribution < 1.29 is 33.0 Å². The highest BCUT2D eigenvalue weighted by atomic mass is 32.2. The number of hydrogen-bond acceptors (Lipinski definition) is 10. The van der Waals surface area contributed by atoms with Crippen molar-refractivity contribution in [3.63, 3.8) is 0 Å². The Morgan fingerprint density at radius 3 is 2.50 bits per heavy atom. The van der Waals surface area contributed by atoms with Gasteiger partial charge in [0.2, 0.25) is 0 Å². The number of nitrogens with zero attached hydrogens (tertiary/aromatic N) is 3. The summed E-state index contributed by atoms with van der Waals surface area (Å²) in [5, 5.41) is 27.3. The van der Waals surface area contributed by atoms with Crippen LogP contribution in [0.2, 0.25) is 0 Å². The maximum atomic E-state index is 13.9. The van der Waals surface area contributed by atoms with Crippen LogP contribution in [0.3, 0.4) is 0 Å². The predicted molar refractivity (Wildman–Crippen MR) is 174 cm³/mol. The zero-order valence-corrected chi connectivity index (χ0v) is 28.9. The highest BCUT2D eigenvalue weighted by Crippen LogP contribution is 2.43. The quantitative estimate of drug-likeness (QED) is 0.342. The molecule has 44 heavy (non-hydrogen) atoms. The first kappa shape index (κ1) is 34.7. The highest BCUT2D eigenvalue weighted by Gasteiger charge is 2.57. The maximum Gasteiger partial charge on any atom is 0.309 e. The van der Waals surface area contributed by atoms with Crippen molar-refractivity contribution in [2.45, 2.75) is 104 Å². The van der Waals surface area contributed by atoms with Crippen LogP contribution in [0.25, 0.3) is 6.08 Å². The van der Waals surface area contributed by atoms with Gasteiger partial charge in [0.25, 0.3) is 0 Å². The van der Waals surface area contributed by atoms with Crippen molar-refractivity contribution in [3.8, 4) is 0 Å². The summed E-state index contributed by atoms with van der Waals surface area (Å²) in [6, 6.07) is 2.81. The lowest BCUT2D eigenvalue weighted by Crippen LogP contribution is -2.45. The van der Waals surface area contributed by atoms with Gasteiger partial charge in [-0.2, -0.15) is 12.7 Å². The Hall–Kier alpha value is -2.16. The second-order valence-corrected chi connectivity index (χ2v) is 16.6. The van der Waals surface area contributed by atoms with Gasteiger partial charge in [-0.3, -0.25) is 13.9 Å². The molecule has 0 radical (unpaired) electrons. The Labute approximate surface area is 268 Å². The Morgan fingerprint density at radius 1 is 1.18 bits per heavy atom. The number of aryl methyl sites for hydroxylation is 1. The lowest BCUT2D eigenvalue weighted by molar-refractivity contribution is -0.154. The van der Waals surface area contributed by atoms with Crippen LogP contribution in [0.15, 0.2) is 28.5 Å². The third-order valence-electron chi connectivity index (χ3n) is 9.18. The number of fused-ring (bicyclic) bond motifs is 1. The number of aliphatic hydroxyl groups is 2. The summed E-state index contributed by atoms with van der Waals surface area (Å²) in [5.74, 6) is -2.01. The number of anilines is 1. The normalized spacial score (nSPS) is 32.5. The topological polar surface area (TPSA) is 137 Å². The number of thiophene rings is 1. The van der Waals surface area contributed by atoms with Crippen LogP contribution >= 0.6 is 22.7 Å². The summed E-state index contributed by atoms with van der Waals surface area (Å²) in [6.45, 7) is 10.4. The van der Waals surface area contributed by atoms with Crippen LogP contribution < -0.4 is 4.31 Å². The van der Waals surface area contributed by atoms with Gasteiger partial charge in [0.05, 0.1) is 34.7 Å². The van der Waals surface area contributed by atoms with Gasteiger partial charge in [-0.25, -0.2) is 4.98 Å². The Kier molecular flexibility index (Phi) is 10.8. The van der Waals surface area contributed by atoms with Crippen molar-refractivity contribution in [3.05, 3.63) is 39.2 Å². The largest absolute Gasteiger partial charge is 0.458 e. The maximum absolute atomic E-state index is 13.9. The van der Waals surface area contributed by atoms with E-state index >= 15 is 0 Å². The average Bonchev–Trinajstić information content (AvgIpc) is 3.26. The summed E-state index contributed by atoms with van der Waals surface area (Å²) < 4.78 is 36.4. The van der Waals surface area contributed by atoms with Crippen LogP contribution in [0.5, 0.6) is 0 Å². The molecule has 10 nitrogen and oxygen atoms in total. The van der Waals surface area contributed by atoms with Gasteiger partial charge in [0.1, 0.15) is 16.9 Å². The molecule has 4 rings (SSSR count). The van der Waals surface area contributed by atoms with Crippen molar-refractivity contribution in [1.29, 1.82) is 0 Å². The van der Waals surface area contributed by atoms with Crippen molar-refractivity contribution in [1.82, 2.24) is 9.29 Å². The number of ether oxygens (including phenoxy) is 1. The Balaban J connectivity index is 1.69. The number of esters is 1. The van der Waals surface area contributed by atoms with Gasteiger partial charge in [0.15, 0.2) is 0 Å². The molecule has 244 valence electrons. The Bertz CT molecular complexity index is 1450. The first-order chi connectivity index (χ1) is 20.5. The summed E-state index contributed by atoms with van der Waals surface area (Å²) in [4.78, 5) is 31.2. The summed E-state index contributed by atoms with van der Waals surface area (Å²) in [6.07, 6.45) is 0.377. The monoisotopic (exact) mass is 667 g/mol. The molecule has 0 bridgehead atoms. The summed E-state index contributed by atoms with van der Waals surface area (Å²) >= 11 is 2.83. The molecule has 2 aliphatic heterocycles. The number of aromatic nitrogens is 1. The zero-order chi connectivity index (χ0) is 32.6. The van der Waals surface area contributed by atoms with Crippen LogP contribution in [0.4, 0.5) is 5.00 Å². The fourth-order valence-corrected chi connectivity index (χ4v) is 9.35. The molecular formula is C31H45N3O7S3. The fourth-order valence-electron chi connectivity index (χ4n) is 6.09. The number of Topliss-reactive ketones (excluding diaryl/α,β-unsaturated/α-hetero) is 1. The number of rotatable bonds is 5. The first-order valence-corrected chi connectivity index (χ1v) is 18.2. The number of carbonyl (C=O) groups is 2. The van der Waals surface area contributed by atoms with Gasteiger partial charge in [-0.05, 0) is 61.8 Å². The van der Waals surface area contributed by atoms with Gasteiger partial charge in [-0.1, -0.05) is 34.1 Å². The molecule has 0 amide bonds. The van der Waals surface area contributed by atoms with E-state index in [1.807, 2.05) is 37.6 Å². The standard InChI is InChI=1S/C31H45N3O7S3/c1-18-10-8-11-23-24(34(23)44(39,40)33(7)27-12-9-13-42-27)15-25(19(2)14-22-17-43-21(4)32-22)41-28(36)16-26(35)31(5,6)30(38)20(3)29(18)37/h9,12-14,17-18,20,23-26,29,35,37H,8,10-11,15-16H2,1-7H3/b19-14+/t18-,20+,23+,24?,25?,26-,29-,34?/m0/s1. The lowest BCUT2D eigenvalue weighted by atomic mass is 9.73. The van der Waals surface area contributed by atoms with E-state index < -0.39 is 58.3 Å². The van der Waals surface area contributed by atoms with E-state index in [-0.39, 0.29) is 24.2 Å². The van der Waals surface area contributed by atoms with Crippen molar-refractivity contribution >= 4 is 55.7 Å². The van der Waals surface area contributed by atoms with Crippen LogP contribution in [0, 0.1) is 24.2 Å². The molecule has 2 aliphatic rings. The molecule has 0 spiro atoms. The van der Waals surface area contributed by atoms with E-state index in [2.05, 4.69) is 4.98 Å². The lowest BCUT2D eigenvalue weighted by Gasteiger charge is -2.34. The molecule has 0 saturated carbocycles. The third kappa shape index (κ3) is 7.45. The molecule has 2 aromatic rings. The van der Waals surface area contributed by atoms with E-state index in [1.54, 1.807) is 32.9 Å².